The van der Waals surface area contributed by atoms with Crippen molar-refractivity contribution in [3.05, 3.63) is 42.1 Å². The maximum absolute atomic E-state index is 12.5. The summed E-state index contributed by atoms with van der Waals surface area (Å²) in [5, 5.41) is 14.6. The van der Waals surface area contributed by atoms with Crippen molar-refractivity contribution in [2.45, 2.75) is 32.4 Å². The van der Waals surface area contributed by atoms with Crippen molar-refractivity contribution in [1.29, 1.82) is 0 Å². The number of carbonyl (C=O) groups excluding carboxylic acids is 3. The number of aliphatic carboxylic acids is 1. The van der Waals surface area contributed by atoms with Gasteiger partial charge in [0.2, 0.25) is 5.91 Å². The summed E-state index contributed by atoms with van der Waals surface area (Å²) in [4.78, 5) is 50.9. The predicted molar refractivity (Wildman–Crippen MR) is 98.1 cm³/mol. The number of nitrogens with one attached hydrogen (secondary N) is 2. The predicted octanol–water partition coefficient (Wildman–Crippen LogP) is 1.15. The Morgan fingerprint density at radius 2 is 1.81 bits per heavy atom. The number of aldehydes is 1. The second-order valence-electron chi connectivity index (χ2n) is 6.43. The molecule has 2 aromatic rings. The van der Waals surface area contributed by atoms with Crippen LogP contribution in [0.25, 0.3) is 10.9 Å². The Kier molecular flexibility index (Phi) is 6.59. The van der Waals surface area contributed by atoms with E-state index in [2.05, 4.69) is 15.6 Å². The molecule has 2 rings (SSSR count). The van der Waals surface area contributed by atoms with Crippen molar-refractivity contribution in [2.75, 3.05) is 0 Å². The van der Waals surface area contributed by atoms with Gasteiger partial charge in [-0.3, -0.25) is 14.4 Å². The van der Waals surface area contributed by atoms with Gasteiger partial charge in [0.15, 0.2) is 0 Å². The normalized spacial score (nSPS) is 13.0. The number of para-hydroxylation sites is 1. The molecule has 2 amide bonds. The fourth-order valence-corrected chi connectivity index (χ4v) is 2.54. The Morgan fingerprint density at radius 3 is 2.44 bits per heavy atom. The smallest absolute Gasteiger partial charge is 0.305 e. The largest absolute Gasteiger partial charge is 0.481 e. The van der Waals surface area contributed by atoms with Gasteiger partial charge in [0.1, 0.15) is 18.0 Å². The Morgan fingerprint density at radius 1 is 1.11 bits per heavy atom. The second-order valence-corrected chi connectivity index (χ2v) is 6.43. The number of pyridine rings is 1. The molecule has 0 bridgehead atoms. The van der Waals surface area contributed by atoms with Crippen LogP contribution in [0.2, 0.25) is 0 Å². The van der Waals surface area contributed by atoms with E-state index in [1.807, 2.05) is 18.2 Å². The topological polar surface area (TPSA) is 125 Å². The summed E-state index contributed by atoms with van der Waals surface area (Å²) in [5.41, 5.74) is 0.808. The summed E-state index contributed by atoms with van der Waals surface area (Å²) < 4.78 is 0. The number of benzene rings is 1. The van der Waals surface area contributed by atoms with Crippen LogP contribution in [0.5, 0.6) is 0 Å². The third-order valence-corrected chi connectivity index (χ3v) is 3.95. The van der Waals surface area contributed by atoms with Crippen molar-refractivity contribution in [3.8, 4) is 0 Å². The maximum atomic E-state index is 12.5. The van der Waals surface area contributed by atoms with E-state index < -0.39 is 36.3 Å². The summed E-state index contributed by atoms with van der Waals surface area (Å²) in [5.74, 6) is -2.66. The van der Waals surface area contributed by atoms with Crippen LogP contribution in [0.3, 0.4) is 0 Å². The molecule has 0 saturated carbocycles. The lowest BCUT2D eigenvalue weighted by atomic mass is 10.0. The molecule has 0 spiro atoms. The second kappa shape index (κ2) is 8.88. The highest BCUT2D eigenvalue weighted by molar-refractivity contribution is 5.98. The number of carboxylic acid groups (broad SMARTS) is 1. The third kappa shape index (κ3) is 5.34. The van der Waals surface area contributed by atoms with Gasteiger partial charge in [-0.1, -0.05) is 38.1 Å². The van der Waals surface area contributed by atoms with E-state index in [0.717, 1.165) is 5.39 Å². The van der Waals surface area contributed by atoms with Gasteiger partial charge >= 0.3 is 5.97 Å². The lowest BCUT2D eigenvalue weighted by Gasteiger charge is -2.23. The zero-order valence-corrected chi connectivity index (χ0v) is 15.0. The van der Waals surface area contributed by atoms with Crippen LogP contribution in [0.1, 0.15) is 30.8 Å². The summed E-state index contributed by atoms with van der Waals surface area (Å²) in [7, 11) is 0. The van der Waals surface area contributed by atoms with Gasteiger partial charge < -0.3 is 20.5 Å². The van der Waals surface area contributed by atoms with Crippen LogP contribution >= 0.6 is 0 Å². The highest BCUT2D eigenvalue weighted by atomic mass is 16.4. The quantitative estimate of drug-likeness (QED) is 0.598. The Labute approximate surface area is 156 Å². The van der Waals surface area contributed by atoms with Crippen LogP contribution in [-0.4, -0.2) is 46.2 Å². The molecule has 1 aromatic heterocycles. The van der Waals surface area contributed by atoms with Crippen molar-refractivity contribution >= 4 is 35.0 Å². The molecule has 1 unspecified atom stereocenters. The number of hydrogen-bond donors (Lipinski definition) is 3. The minimum Gasteiger partial charge on any atom is -0.481 e. The molecule has 0 saturated heterocycles. The highest BCUT2D eigenvalue weighted by Crippen LogP contribution is 2.12. The first kappa shape index (κ1) is 20.0. The van der Waals surface area contributed by atoms with Crippen molar-refractivity contribution < 1.29 is 24.3 Å². The zero-order chi connectivity index (χ0) is 20.0. The van der Waals surface area contributed by atoms with Crippen molar-refractivity contribution in [2.24, 2.45) is 5.92 Å². The standard InChI is InChI=1S/C19H21N3O5/c1-11(2)17(19(27)20-13(10-23)9-16(24)25)22-18(26)15-8-7-12-5-3-4-6-14(12)21-15/h3-8,10-11,13,17H,9H2,1-2H3,(H,20,27)(H,22,26)(H,24,25)/t13?,17-/m0/s1. The summed E-state index contributed by atoms with van der Waals surface area (Å²) in [6.07, 6.45) is -0.170. The third-order valence-electron chi connectivity index (χ3n) is 3.95. The molecular weight excluding hydrogens is 350 g/mol. The van der Waals surface area contributed by atoms with Crippen LogP contribution in [0.15, 0.2) is 36.4 Å². The van der Waals surface area contributed by atoms with Crippen molar-refractivity contribution in [1.82, 2.24) is 15.6 Å². The van der Waals surface area contributed by atoms with Gasteiger partial charge in [-0.05, 0) is 18.1 Å². The SMILES string of the molecule is CC(C)[C@H](NC(=O)c1ccc2ccccc2n1)C(=O)NC(C=O)CC(=O)O. The van der Waals surface area contributed by atoms with Gasteiger partial charge in [-0.15, -0.1) is 0 Å². The molecule has 1 heterocycles. The van der Waals surface area contributed by atoms with Gasteiger partial charge in [-0.25, -0.2) is 4.98 Å². The molecule has 8 nitrogen and oxygen atoms in total. The number of carbonyl (C=O) groups is 4. The van der Waals surface area contributed by atoms with Gasteiger partial charge in [0, 0.05) is 5.39 Å². The van der Waals surface area contributed by atoms with Crippen LogP contribution in [-0.2, 0) is 14.4 Å². The molecule has 0 aliphatic heterocycles. The van der Waals surface area contributed by atoms with Gasteiger partial charge in [-0.2, -0.15) is 0 Å². The molecule has 0 aliphatic rings. The number of aromatic nitrogens is 1. The molecule has 8 heteroatoms. The molecule has 3 N–H and O–H groups in total. The first-order valence-corrected chi connectivity index (χ1v) is 8.46. The van der Waals surface area contributed by atoms with Gasteiger partial charge in [0.25, 0.3) is 5.91 Å². The Bertz CT molecular complexity index is 865. The lowest BCUT2D eigenvalue weighted by Crippen LogP contribution is -2.52. The van der Waals surface area contributed by atoms with E-state index in [4.69, 9.17) is 5.11 Å². The number of amides is 2. The van der Waals surface area contributed by atoms with Crippen LogP contribution < -0.4 is 10.6 Å². The minimum atomic E-state index is -1.21. The maximum Gasteiger partial charge on any atom is 0.305 e. The molecule has 0 aliphatic carbocycles. The summed E-state index contributed by atoms with van der Waals surface area (Å²) in [6, 6.07) is 8.54. The van der Waals surface area contributed by atoms with E-state index in [9.17, 15) is 19.2 Å². The fourth-order valence-electron chi connectivity index (χ4n) is 2.54. The number of rotatable bonds is 8. The average Bonchev–Trinajstić information content (AvgIpc) is 2.64. The van der Waals surface area contributed by atoms with Crippen LogP contribution in [0, 0.1) is 5.92 Å². The van der Waals surface area contributed by atoms with E-state index in [-0.39, 0.29) is 11.6 Å². The first-order valence-electron chi connectivity index (χ1n) is 8.46. The number of nitrogens with zero attached hydrogens (tertiary/aromatic N) is 1. The lowest BCUT2D eigenvalue weighted by molar-refractivity contribution is -0.139. The number of hydrogen-bond acceptors (Lipinski definition) is 5. The van der Waals surface area contributed by atoms with E-state index >= 15 is 0 Å². The molecule has 27 heavy (non-hydrogen) atoms. The molecule has 0 radical (unpaired) electrons. The summed E-state index contributed by atoms with van der Waals surface area (Å²) >= 11 is 0. The molecular formula is C19H21N3O5. The number of fused-ring (bicyclic) bond motifs is 1. The fraction of sp³-hybridized carbons (Fsp3) is 0.316. The highest BCUT2D eigenvalue weighted by Gasteiger charge is 2.27. The van der Waals surface area contributed by atoms with E-state index in [0.29, 0.717) is 11.8 Å². The molecule has 1 aromatic carbocycles. The van der Waals surface area contributed by atoms with Crippen LogP contribution in [0.4, 0.5) is 0 Å². The van der Waals surface area contributed by atoms with E-state index in [1.54, 1.807) is 32.0 Å². The Balaban J connectivity index is 2.13. The average molecular weight is 371 g/mol. The molecule has 142 valence electrons. The Hall–Kier alpha value is -3.29. The molecule has 0 fully saturated rings. The monoisotopic (exact) mass is 371 g/mol. The van der Waals surface area contributed by atoms with Crippen molar-refractivity contribution in [3.63, 3.8) is 0 Å². The zero-order valence-electron chi connectivity index (χ0n) is 15.0. The number of carboxylic acids is 1. The summed E-state index contributed by atoms with van der Waals surface area (Å²) in [6.45, 7) is 3.46. The molecule has 2 atom stereocenters. The first-order chi connectivity index (χ1) is 12.8. The van der Waals surface area contributed by atoms with E-state index in [1.165, 1.54) is 0 Å². The van der Waals surface area contributed by atoms with Gasteiger partial charge in [0.05, 0.1) is 18.0 Å². The minimum absolute atomic E-state index is 0.157.